The number of hydrogen-bond acceptors (Lipinski definition) is 4. The highest BCUT2D eigenvalue weighted by molar-refractivity contribution is 5.75. The van der Waals surface area contributed by atoms with E-state index in [-0.39, 0.29) is 12.0 Å². The predicted octanol–water partition coefficient (Wildman–Crippen LogP) is 2.57. The fraction of sp³-hybridized carbons (Fsp3) is 0.938. The van der Waals surface area contributed by atoms with E-state index in [0.29, 0.717) is 0 Å². The maximum atomic E-state index is 11.8. The summed E-state index contributed by atoms with van der Waals surface area (Å²) in [5.41, 5.74) is 0. The van der Waals surface area contributed by atoms with Crippen LogP contribution < -0.4 is 5.32 Å². The fourth-order valence-electron chi connectivity index (χ4n) is 3.07. The second-order valence-electron chi connectivity index (χ2n) is 5.79. The molecule has 118 valence electrons. The molecule has 0 aromatic rings. The number of rotatable bonds is 9. The molecular formula is C16H32N2O2. The van der Waals surface area contributed by atoms with E-state index in [1.807, 2.05) is 0 Å². The monoisotopic (exact) mass is 284 g/mol. The first-order valence-electron chi connectivity index (χ1n) is 8.28. The molecule has 20 heavy (non-hydrogen) atoms. The van der Waals surface area contributed by atoms with Crippen molar-refractivity contribution in [2.45, 2.75) is 70.9 Å². The second kappa shape index (κ2) is 10.2. The Morgan fingerprint density at radius 1 is 1.35 bits per heavy atom. The van der Waals surface area contributed by atoms with E-state index < -0.39 is 0 Å². The molecule has 1 saturated heterocycles. The van der Waals surface area contributed by atoms with Crippen molar-refractivity contribution in [3.8, 4) is 0 Å². The van der Waals surface area contributed by atoms with Gasteiger partial charge in [-0.05, 0) is 45.2 Å². The van der Waals surface area contributed by atoms with E-state index in [9.17, 15) is 4.79 Å². The molecule has 0 bridgehead atoms. The zero-order valence-corrected chi connectivity index (χ0v) is 13.5. The predicted molar refractivity (Wildman–Crippen MR) is 82.8 cm³/mol. The van der Waals surface area contributed by atoms with Crippen molar-refractivity contribution in [3.63, 3.8) is 0 Å². The van der Waals surface area contributed by atoms with Gasteiger partial charge in [-0.1, -0.05) is 26.7 Å². The third-order valence-electron chi connectivity index (χ3n) is 4.20. The zero-order chi connectivity index (χ0) is 14.8. The van der Waals surface area contributed by atoms with Gasteiger partial charge in [-0.15, -0.1) is 0 Å². The summed E-state index contributed by atoms with van der Waals surface area (Å²) in [4.78, 5) is 14.4. The molecule has 0 radical (unpaired) electrons. The van der Waals surface area contributed by atoms with Crippen molar-refractivity contribution in [1.82, 2.24) is 10.2 Å². The van der Waals surface area contributed by atoms with Crippen LogP contribution in [-0.4, -0.2) is 49.7 Å². The van der Waals surface area contributed by atoms with Crippen LogP contribution in [0.2, 0.25) is 0 Å². The topological polar surface area (TPSA) is 41.6 Å². The van der Waals surface area contributed by atoms with Crippen molar-refractivity contribution in [2.75, 3.05) is 26.7 Å². The Morgan fingerprint density at radius 3 is 2.80 bits per heavy atom. The van der Waals surface area contributed by atoms with E-state index >= 15 is 0 Å². The third-order valence-corrected chi connectivity index (χ3v) is 4.20. The molecule has 1 rings (SSSR count). The SMILES string of the molecule is CCCNC(CCN1CCCCC1CCC)C(=O)OC. The lowest BCUT2D eigenvalue weighted by Crippen LogP contribution is -2.45. The van der Waals surface area contributed by atoms with Gasteiger partial charge in [-0.25, -0.2) is 0 Å². The highest BCUT2D eigenvalue weighted by Crippen LogP contribution is 2.21. The maximum Gasteiger partial charge on any atom is 0.322 e. The molecule has 0 amide bonds. The third kappa shape index (κ3) is 5.80. The Hall–Kier alpha value is -0.610. The van der Waals surface area contributed by atoms with E-state index in [2.05, 4.69) is 24.1 Å². The molecular weight excluding hydrogens is 252 g/mol. The molecule has 2 unspecified atom stereocenters. The molecule has 0 spiro atoms. The van der Waals surface area contributed by atoms with Gasteiger partial charge >= 0.3 is 5.97 Å². The van der Waals surface area contributed by atoms with Crippen LogP contribution in [-0.2, 0) is 9.53 Å². The van der Waals surface area contributed by atoms with Gasteiger partial charge in [0.1, 0.15) is 6.04 Å². The van der Waals surface area contributed by atoms with Crippen LogP contribution in [0.5, 0.6) is 0 Å². The van der Waals surface area contributed by atoms with Crippen LogP contribution in [0.15, 0.2) is 0 Å². The van der Waals surface area contributed by atoms with Gasteiger partial charge in [0.15, 0.2) is 0 Å². The van der Waals surface area contributed by atoms with Crippen LogP contribution in [0, 0.1) is 0 Å². The average molecular weight is 284 g/mol. The molecule has 4 heteroatoms. The summed E-state index contributed by atoms with van der Waals surface area (Å²) in [6, 6.07) is 0.572. The van der Waals surface area contributed by atoms with E-state index in [0.717, 1.165) is 32.0 Å². The molecule has 0 aromatic carbocycles. The van der Waals surface area contributed by atoms with Gasteiger partial charge in [0, 0.05) is 12.6 Å². The minimum Gasteiger partial charge on any atom is -0.468 e. The van der Waals surface area contributed by atoms with Crippen LogP contribution in [0.4, 0.5) is 0 Å². The lowest BCUT2D eigenvalue weighted by molar-refractivity contribution is -0.143. The Balaban J connectivity index is 2.44. The summed E-state index contributed by atoms with van der Waals surface area (Å²) in [6.45, 7) is 7.43. The standard InChI is InChI=1S/C16H32N2O2/c1-4-8-14-9-6-7-12-18(14)13-10-15(16(19)20-3)17-11-5-2/h14-15,17H,4-13H2,1-3H3. The largest absolute Gasteiger partial charge is 0.468 e. The molecule has 0 saturated carbocycles. The zero-order valence-electron chi connectivity index (χ0n) is 13.5. The summed E-state index contributed by atoms with van der Waals surface area (Å²) in [7, 11) is 1.48. The van der Waals surface area contributed by atoms with Gasteiger partial charge in [0.05, 0.1) is 7.11 Å². The van der Waals surface area contributed by atoms with Crippen molar-refractivity contribution in [3.05, 3.63) is 0 Å². The van der Waals surface area contributed by atoms with Crippen LogP contribution in [0.1, 0.15) is 58.8 Å². The van der Waals surface area contributed by atoms with Crippen molar-refractivity contribution < 1.29 is 9.53 Å². The molecule has 4 nitrogen and oxygen atoms in total. The number of ether oxygens (including phenoxy) is 1. The molecule has 1 aliphatic rings. The van der Waals surface area contributed by atoms with Gasteiger partial charge in [-0.3, -0.25) is 4.79 Å². The molecule has 0 aromatic heterocycles. The number of esters is 1. The highest BCUT2D eigenvalue weighted by atomic mass is 16.5. The van der Waals surface area contributed by atoms with Crippen LogP contribution >= 0.6 is 0 Å². The summed E-state index contributed by atoms with van der Waals surface area (Å²) in [5.74, 6) is -0.123. The van der Waals surface area contributed by atoms with Crippen molar-refractivity contribution in [1.29, 1.82) is 0 Å². The molecule has 2 atom stereocenters. The Bertz CT molecular complexity index is 269. The number of methoxy groups -OCH3 is 1. The Kier molecular flexibility index (Phi) is 8.86. The second-order valence-corrected chi connectivity index (χ2v) is 5.79. The first-order chi connectivity index (χ1) is 9.72. The number of carbonyl (C=O) groups excluding carboxylic acids is 1. The molecule has 1 aliphatic heterocycles. The Labute approximate surface area is 124 Å². The number of hydrogen-bond donors (Lipinski definition) is 1. The van der Waals surface area contributed by atoms with E-state index in [1.165, 1.54) is 45.8 Å². The molecule has 1 heterocycles. The van der Waals surface area contributed by atoms with Gasteiger partial charge in [0.2, 0.25) is 0 Å². The highest BCUT2D eigenvalue weighted by Gasteiger charge is 2.24. The van der Waals surface area contributed by atoms with Gasteiger partial charge < -0.3 is 15.0 Å². The minimum absolute atomic E-state index is 0.123. The van der Waals surface area contributed by atoms with E-state index in [4.69, 9.17) is 4.74 Å². The normalized spacial score (nSPS) is 21.6. The summed E-state index contributed by atoms with van der Waals surface area (Å²) in [6.07, 6.45) is 8.39. The lowest BCUT2D eigenvalue weighted by Gasteiger charge is -2.36. The van der Waals surface area contributed by atoms with Crippen LogP contribution in [0.3, 0.4) is 0 Å². The first kappa shape index (κ1) is 17.4. The summed E-state index contributed by atoms with van der Waals surface area (Å²) < 4.78 is 4.90. The first-order valence-corrected chi connectivity index (χ1v) is 8.28. The minimum atomic E-state index is -0.149. The number of nitrogens with zero attached hydrogens (tertiary/aromatic N) is 1. The quantitative estimate of drug-likeness (QED) is 0.661. The molecule has 1 N–H and O–H groups in total. The summed E-state index contributed by atoms with van der Waals surface area (Å²) in [5, 5.41) is 3.31. The number of likely N-dealkylation sites (tertiary alicyclic amines) is 1. The Morgan fingerprint density at radius 2 is 2.15 bits per heavy atom. The molecule has 1 fully saturated rings. The lowest BCUT2D eigenvalue weighted by atomic mass is 9.97. The molecule has 0 aliphatic carbocycles. The number of carbonyl (C=O) groups is 1. The summed E-state index contributed by atoms with van der Waals surface area (Å²) >= 11 is 0. The fourth-order valence-corrected chi connectivity index (χ4v) is 3.07. The smallest absolute Gasteiger partial charge is 0.322 e. The van der Waals surface area contributed by atoms with E-state index in [1.54, 1.807) is 0 Å². The maximum absolute atomic E-state index is 11.8. The number of nitrogens with one attached hydrogen (secondary N) is 1. The van der Waals surface area contributed by atoms with Crippen LogP contribution in [0.25, 0.3) is 0 Å². The number of piperidine rings is 1. The van der Waals surface area contributed by atoms with Gasteiger partial charge in [-0.2, -0.15) is 0 Å². The van der Waals surface area contributed by atoms with Crippen molar-refractivity contribution >= 4 is 5.97 Å². The van der Waals surface area contributed by atoms with Crippen molar-refractivity contribution in [2.24, 2.45) is 0 Å². The average Bonchev–Trinajstić information content (AvgIpc) is 2.48. The van der Waals surface area contributed by atoms with Gasteiger partial charge in [0.25, 0.3) is 0 Å².